The summed E-state index contributed by atoms with van der Waals surface area (Å²) >= 11 is 0. The quantitative estimate of drug-likeness (QED) is 0.0690. The zero-order valence-corrected chi connectivity index (χ0v) is 28.6. The van der Waals surface area contributed by atoms with E-state index in [0.29, 0.717) is 30.0 Å². The summed E-state index contributed by atoms with van der Waals surface area (Å²) in [6.07, 6.45) is 0.545. The molecule has 0 N–H and O–H groups in total. The molecule has 0 radical (unpaired) electrons. The Morgan fingerprint density at radius 1 is 0.588 bits per heavy atom. The molecule has 6 rings (SSSR count). The molecule has 0 saturated heterocycles. The molecule has 7 heteroatoms. The molecule has 0 amide bonds. The van der Waals surface area contributed by atoms with Crippen LogP contribution in [0.4, 0.5) is 42.9 Å². The van der Waals surface area contributed by atoms with Gasteiger partial charge in [0.1, 0.15) is 17.4 Å². The van der Waals surface area contributed by atoms with Crippen molar-refractivity contribution in [2.75, 3.05) is 23.0 Å². The molecule has 0 heterocycles. The molecule has 0 bridgehead atoms. The smallest absolute Gasteiger partial charge is 0.333 e. The normalized spacial score (nSPS) is 10.7. The highest BCUT2D eigenvalue weighted by atomic mass is 19.1. The Balaban J connectivity index is 1.22. The molecule has 0 unspecified atom stereocenters. The number of nitrogens with zero attached hydrogens (tertiary/aromatic N) is 2. The first-order valence-corrected chi connectivity index (χ1v) is 16.7. The number of hydrogen-bond acceptors (Lipinski definition) is 5. The minimum atomic E-state index is -0.411. The molecule has 51 heavy (non-hydrogen) atoms. The lowest BCUT2D eigenvalue weighted by Crippen LogP contribution is -2.11. The average Bonchev–Trinajstić information content (AvgIpc) is 3.13. The highest BCUT2D eigenvalue weighted by Gasteiger charge is 2.16. The highest BCUT2D eigenvalue weighted by molar-refractivity contribution is 5.87. The van der Waals surface area contributed by atoms with Gasteiger partial charge in [0, 0.05) is 46.1 Å². The molecule has 0 aliphatic rings. The first-order chi connectivity index (χ1) is 24.7. The van der Waals surface area contributed by atoms with Crippen LogP contribution in [0.3, 0.4) is 0 Å². The molecule has 0 saturated carbocycles. The zero-order valence-electron chi connectivity index (χ0n) is 28.6. The summed E-state index contributed by atoms with van der Waals surface area (Å²) < 4.78 is 39.7. The summed E-state index contributed by atoms with van der Waals surface area (Å²) in [4.78, 5) is 15.6. The standard InChI is InChI=1S/C44H38F2N2O3/c1-31(2)44(49)51-27-7-26-50-43-24-22-39(23-25-43)47(41-12-5-9-35(45)29-41)37-18-14-33(15-19-37)34-16-20-38(21-17-34)48(40-11-4-8-32(3)28-40)42-13-6-10-36(46)30-42/h4-6,8-25,28-30H,1,7,26-27H2,2-3H3. The van der Waals surface area contributed by atoms with E-state index in [1.165, 1.54) is 24.3 Å². The van der Waals surface area contributed by atoms with E-state index in [4.69, 9.17) is 9.47 Å². The van der Waals surface area contributed by atoms with Crippen molar-refractivity contribution >= 4 is 40.1 Å². The third kappa shape index (κ3) is 8.69. The Bertz CT molecular complexity index is 2070. The average molecular weight is 681 g/mol. The molecule has 0 aliphatic carbocycles. The van der Waals surface area contributed by atoms with Crippen LogP contribution < -0.4 is 14.5 Å². The predicted octanol–water partition coefficient (Wildman–Crippen LogP) is 11.8. The fourth-order valence-corrected chi connectivity index (χ4v) is 5.73. The summed E-state index contributed by atoms with van der Waals surface area (Å²) in [5.41, 5.74) is 8.43. The summed E-state index contributed by atoms with van der Waals surface area (Å²) in [5, 5.41) is 0. The van der Waals surface area contributed by atoms with Gasteiger partial charge in [0.2, 0.25) is 0 Å². The number of carbonyl (C=O) groups excluding carboxylic acids is 1. The third-order valence-electron chi connectivity index (χ3n) is 8.21. The van der Waals surface area contributed by atoms with Gasteiger partial charge in [-0.3, -0.25) is 0 Å². The fourth-order valence-electron chi connectivity index (χ4n) is 5.73. The maximum atomic E-state index is 14.4. The fraction of sp³-hybridized carbons (Fsp3) is 0.114. The van der Waals surface area contributed by atoms with E-state index < -0.39 is 5.97 Å². The number of ether oxygens (including phenoxy) is 2. The van der Waals surface area contributed by atoms with E-state index in [2.05, 4.69) is 24.8 Å². The van der Waals surface area contributed by atoms with E-state index >= 15 is 0 Å². The first kappa shape index (κ1) is 34.6. The van der Waals surface area contributed by atoms with Crippen molar-refractivity contribution in [2.24, 2.45) is 0 Å². The van der Waals surface area contributed by atoms with E-state index in [-0.39, 0.29) is 18.2 Å². The highest BCUT2D eigenvalue weighted by Crippen LogP contribution is 2.38. The number of rotatable bonds is 13. The minimum absolute atomic E-state index is 0.248. The molecule has 6 aromatic rings. The Morgan fingerprint density at radius 2 is 1.04 bits per heavy atom. The van der Waals surface area contributed by atoms with Crippen LogP contribution in [0.2, 0.25) is 0 Å². The summed E-state index contributed by atoms with van der Waals surface area (Å²) in [5.74, 6) is -0.374. The second kappa shape index (κ2) is 16.0. The van der Waals surface area contributed by atoms with Gasteiger partial charge in [-0.1, -0.05) is 55.1 Å². The number of anilines is 6. The lowest BCUT2D eigenvalue weighted by Gasteiger charge is -2.26. The predicted molar refractivity (Wildman–Crippen MR) is 202 cm³/mol. The molecular weight excluding hydrogens is 642 g/mol. The number of esters is 1. The number of carbonyl (C=O) groups is 1. The second-order valence-corrected chi connectivity index (χ2v) is 12.2. The van der Waals surface area contributed by atoms with Crippen LogP contribution in [0.5, 0.6) is 5.75 Å². The van der Waals surface area contributed by atoms with Crippen molar-refractivity contribution in [1.29, 1.82) is 0 Å². The van der Waals surface area contributed by atoms with Crippen LogP contribution >= 0.6 is 0 Å². The lowest BCUT2D eigenvalue weighted by molar-refractivity contribution is -0.139. The van der Waals surface area contributed by atoms with Gasteiger partial charge < -0.3 is 19.3 Å². The monoisotopic (exact) mass is 680 g/mol. The van der Waals surface area contributed by atoms with E-state index in [9.17, 15) is 13.6 Å². The van der Waals surface area contributed by atoms with Crippen LogP contribution in [-0.2, 0) is 9.53 Å². The number of benzene rings is 6. The van der Waals surface area contributed by atoms with Crippen molar-refractivity contribution < 1.29 is 23.0 Å². The zero-order chi connectivity index (χ0) is 35.7. The minimum Gasteiger partial charge on any atom is -0.493 e. The van der Waals surface area contributed by atoms with Crippen LogP contribution in [0, 0.1) is 18.6 Å². The van der Waals surface area contributed by atoms with Gasteiger partial charge in [-0.15, -0.1) is 0 Å². The number of halogens is 2. The summed E-state index contributed by atoms with van der Waals surface area (Å²) in [6, 6.07) is 45.1. The maximum absolute atomic E-state index is 14.4. The van der Waals surface area contributed by atoms with Crippen LogP contribution in [-0.4, -0.2) is 19.2 Å². The Labute approximate surface area is 297 Å². The van der Waals surface area contributed by atoms with E-state index in [0.717, 1.165) is 45.1 Å². The Kier molecular flexibility index (Phi) is 10.9. The van der Waals surface area contributed by atoms with Gasteiger partial charge in [-0.2, -0.15) is 0 Å². The second-order valence-electron chi connectivity index (χ2n) is 12.2. The summed E-state index contributed by atoms with van der Waals surface area (Å²) in [7, 11) is 0. The Hall–Kier alpha value is -6.21. The lowest BCUT2D eigenvalue weighted by atomic mass is 10.0. The first-order valence-electron chi connectivity index (χ1n) is 16.7. The molecule has 6 aromatic carbocycles. The van der Waals surface area contributed by atoms with E-state index in [1.54, 1.807) is 19.1 Å². The van der Waals surface area contributed by atoms with Crippen molar-refractivity contribution in [1.82, 2.24) is 0 Å². The molecule has 5 nitrogen and oxygen atoms in total. The maximum Gasteiger partial charge on any atom is 0.333 e. The molecule has 0 aromatic heterocycles. The van der Waals surface area contributed by atoms with Crippen molar-refractivity contribution in [3.05, 3.63) is 175 Å². The summed E-state index contributed by atoms with van der Waals surface area (Å²) in [6.45, 7) is 7.86. The van der Waals surface area contributed by atoms with Gasteiger partial charge in [-0.05, 0) is 128 Å². The number of aryl methyl sites for hydroxylation is 1. The van der Waals surface area contributed by atoms with E-state index in [1.807, 2.05) is 108 Å². The van der Waals surface area contributed by atoms with Crippen molar-refractivity contribution in [3.8, 4) is 16.9 Å². The molecule has 0 spiro atoms. The van der Waals surface area contributed by atoms with Gasteiger partial charge in [0.05, 0.1) is 13.2 Å². The van der Waals surface area contributed by atoms with Gasteiger partial charge in [0.15, 0.2) is 0 Å². The Morgan fingerprint density at radius 3 is 1.51 bits per heavy atom. The number of hydrogen-bond donors (Lipinski definition) is 0. The molecule has 0 atom stereocenters. The molecular formula is C44H38F2N2O3. The van der Waals surface area contributed by atoms with Gasteiger partial charge in [-0.25, -0.2) is 13.6 Å². The van der Waals surface area contributed by atoms with Crippen LogP contribution in [0.1, 0.15) is 18.9 Å². The van der Waals surface area contributed by atoms with Crippen LogP contribution in [0.15, 0.2) is 158 Å². The molecule has 256 valence electrons. The molecule has 0 aliphatic heterocycles. The van der Waals surface area contributed by atoms with Crippen molar-refractivity contribution in [3.63, 3.8) is 0 Å². The van der Waals surface area contributed by atoms with Crippen LogP contribution in [0.25, 0.3) is 11.1 Å². The largest absolute Gasteiger partial charge is 0.493 e. The van der Waals surface area contributed by atoms with Gasteiger partial charge in [0.25, 0.3) is 0 Å². The molecule has 0 fully saturated rings. The SMILES string of the molecule is C=C(C)C(=O)OCCCOc1ccc(N(c2ccc(-c3ccc(N(c4cccc(C)c4)c4cccc(F)c4)cc3)cc2)c2cccc(F)c2)cc1. The van der Waals surface area contributed by atoms with Crippen molar-refractivity contribution in [2.45, 2.75) is 20.3 Å². The topological polar surface area (TPSA) is 42.0 Å². The van der Waals surface area contributed by atoms with Gasteiger partial charge >= 0.3 is 5.97 Å². The third-order valence-corrected chi connectivity index (χ3v) is 8.21.